The molecule has 0 saturated carbocycles. The van der Waals surface area contributed by atoms with Gasteiger partial charge in [0.05, 0.1) is 14.2 Å². The zero-order valence-electron chi connectivity index (χ0n) is 11.8. The molecule has 0 aliphatic carbocycles. The fourth-order valence-corrected chi connectivity index (χ4v) is 3.69. The van der Waals surface area contributed by atoms with E-state index in [0.717, 1.165) is 28.0 Å². The third kappa shape index (κ3) is 3.34. The normalized spacial score (nSPS) is 12.2. The van der Waals surface area contributed by atoms with E-state index in [1.807, 2.05) is 19.2 Å². The molecule has 0 spiro atoms. The van der Waals surface area contributed by atoms with Gasteiger partial charge in [0.1, 0.15) is 11.5 Å². The lowest BCUT2D eigenvalue weighted by molar-refractivity contribution is 0.385. The van der Waals surface area contributed by atoms with Crippen molar-refractivity contribution in [2.45, 2.75) is 12.5 Å². The molecule has 1 aromatic heterocycles. The fourth-order valence-electron chi connectivity index (χ4n) is 2.13. The van der Waals surface area contributed by atoms with Crippen molar-refractivity contribution < 1.29 is 9.47 Å². The van der Waals surface area contributed by atoms with Gasteiger partial charge in [0.25, 0.3) is 0 Å². The van der Waals surface area contributed by atoms with Crippen molar-refractivity contribution in [1.29, 1.82) is 0 Å². The minimum Gasteiger partial charge on any atom is -0.497 e. The van der Waals surface area contributed by atoms with E-state index in [-0.39, 0.29) is 6.04 Å². The summed E-state index contributed by atoms with van der Waals surface area (Å²) in [5.41, 5.74) is 1.14. The van der Waals surface area contributed by atoms with Crippen molar-refractivity contribution >= 4 is 27.3 Å². The molecule has 2 aromatic rings. The Morgan fingerprint density at radius 3 is 2.60 bits per heavy atom. The molecule has 1 N–H and O–H groups in total. The first kappa shape index (κ1) is 15.4. The maximum Gasteiger partial charge on any atom is 0.127 e. The van der Waals surface area contributed by atoms with Crippen LogP contribution in [0.1, 0.15) is 16.5 Å². The molecule has 2 rings (SSSR count). The third-order valence-electron chi connectivity index (χ3n) is 3.25. The van der Waals surface area contributed by atoms with Gasteiger partial charge in [-0.2, -0.15) is 0 Å². The average molecular weight is 356 g/mol. The number of thiophene rings is 1. The zero-order chi connectivity index (χ0) is 14.5. The van der Waals surface area contributed by atoms with Crippen LogP contribution in [0.15, 0.2) is 34.1 Å². The van der Waals surface area contributed by atoms with Crippen LogP contribution in [-0.2, 0) is 6.42 Å². The second-order valence-corrected chi connectivity index (χ2v) is 6.20. The highest BCUT2D eigenvalue weighted by atomic mass is 79.9. The van der Waals surface area contributed by atoms with Gasteiger partial charge in [-0.3, -0.25) is 0 Å². The average Bonchev–Trinajstić information content (AvgIpc) is 2.89. The van der Waals surface area contributed by atoms with E-state index in [1.54, 1.807) is 25.6 Å². The molecule has 0 fully saturated rings. The van der Waals surface area contributed by atoms with Gasteiger partial charge in [0.15, 0.2) is 0 Å². The first-order valence-electron chi connectivity index (χ1n) is 6.30. The highest BCUT2D eigenvalue weighted by Crippen LogP contribution is 2.33. The zero-order valence-corrected chi connectivity index (χ0v) is 14.2. The predicted molar refractivity (Wildman–Crippen MR) is 87.1 cm³/mol. The predicted octanol–water partition coefficient (Wildman–Crippen LogP) is 4.03. The fraction of sp³-hybridized carbons (Fsp3) is 0.333. The van der Waals surface area contributed by atoms with Gasteiger partial charge in [-0.15, -0.1) is 11.3 Å². The summed E-state index contributed by atoms with van der Waals surface area (Å²) in [4.78, 5) is 1.32. The Morgan fingerprint density at radius 1 is 1.25 bits per heavy atom. The van der Waals surface area contributed by atoms with Gasteiger partial charge in [-0.1, -0.05) is 6.07 Å². The third-order valence-corrected chi connectivity index (χ3v) is 5.19. The lowest BCUT2D eigenvalue weighted by Crippen LogP contribution is -2.19. The lowest BCUT2D eigenvalue weighted by atomic mass is 10.0. The number of methoxy groups -OCH3 is 2. The summed E-state index contributed by atoms with van der Waals surface area (Å²) in [5.74, 6) is 1.65. The molecule has 5 heteroatoms. The standard InChI is InChI=1S/C15H18BrNO2S/c1-17-13(9-15-12(16)6-7-20-15)11-5-4-10(18-2)8-14(11)19-3/h4-8,13,17H,9H2,1-3H3. The molecule has 20 heavy (non-hydrogen) atoms. The van der Waals surface area contributed by atoms with Crippen LogP contribution in [0.25, 0.3) is 0 Å². The van der Waals surface area contributed by atoms with Crippen LogP contribution >= 0.6 is 27.3 Å². The first-order valence-corrected chi connectivity index (χ1v) is 7.98. The van der Waals surface area contributed by atoms with E-state index in [1.165, 1.54) is 4.88 Å². The van der Waals surface area contributed by atoms with Crippen molar-refractivity contribution in [2.24, 2.45) is 0 Å². The van der Waals surface area contributed by atoms with E-state index in [0.29, 0.717) is 0 Å². The molecule has 0 bridgehead atoms. The molecular formula is C15H18BrNO2S. The Morgan fingerprint density at radius 2 is 2.05 bits per heavy atom. The summed E-state index contributed by atoms with van der Waals surface area (Å²) in [6, 6.07) is 8.22. The van der Waals surface area contributed by atoms with E-state index >= 15 is 0 Å². The molecule has 108 valence electrons. The summed E-state index contributed by atoms with van der Waals surface area (Å²) < 4.78 is 11.9. The maximum atomic E-state index is 5.49. The van der Waals surface area contributed by atoms with Gasteiger partial charge in [-0.25, -0.2) is 0 Å². The molecule has 1 atom stereocenters. The smallest absolute Gasteiger partial charge is 0.127 e. The summed E-state index contributed by atoms with van der Waals surface area (Å²) in [5, 5.41) is 5.46. The monoisotopic (exact) mass is 355 g/mol. The minimum absolute atomic E-state index is 0.200. The van der Waals surface area contributed by atoms with Crippen molar-refractivity contribution in [2.75, 3.05) is 21.3 Å². The number of likely N-dealkylation sites (N-methyl/N-ethyl adjacent to an activating group) is 1. The number of hydrogen-bond acceptors (Lipinski definition) is 4. The second-order valence-electron chi connectivity index (χ2n) is 4.34. The molecule has 1 unspecified atom stereocenters. The van der Waals surface area contributed by atoms with Crippen LogP contribution < -0.4 is 14.8 Å². The van der Waals surface area contributed by atoms with E-state index in [4.69, 9.17) is 9.47 Å². The van der Waals surface area contributed by atoms with Crippen molar-refractivity contribution in [3.63, 3.8) is 0 Å². The van der Waals surface area contributed by atoms with Crippen molar-refractivity contribution in [3.05, 3.63) is 44.6 Å². The van der Waals surface area contributed by atoms with Crippen LogP contribution in [0, 0.1) is 0 Å². The Labute approximate surface area is 132 Å². The Bertz CT molecular complexity index is 571. The Hall–Kier alpha value is -1.04. The number of ether oxygens (including phenoxy) is 2. The highest BCUT2D eigenvalue weighted by Gasteiger charge is 2.17. The topological polar surface area (TPSA) is 30.5 Å². The number of benzene rings is 1. The summed E-state index contributed by atoms with van der Waals surface area (Å²) >= 11 is 5.34. The molecule has 0 aliphatic heterocycles. The molecule has 1 aromatic carbocycles. The van der Waals surface area contributed by atoms with Crippen molar-refractivity contribution in [3.8, 4) is 11.5 Å². The molecule has 3 nitrogen and oxygen atoms in total. The molecular weight excluding hydrogens is 338 g/mol. The van der Waals surface area contributed by atoms with Gasteiger partial charge < -0.3 is 14.8 Å². The largest absolute Gasteiger partial charge is 0.497 e. The molecule has 0 saturated heterocycles. The SMILES string of the molecule is CNC(Cc1sccc1Br)c1ccc(OC)cc1OC. The van der Waals surface area contributed by atoms with E-state index in [9.17, 15) is 0 Å². The van der Waals surface area contributed by atoms with Gasteiger partial charge in [0, 0.05) is 33.4 Å². The van der Waals surface area contributed by atoms with Crippen LogP contribution in [-0.4, -0.2) is 21.3 Å². The quantitative estimate of drug-likeness (QED) is 0.848. The number of rotatable bonds is 6. The molecule has 0 amide bonds. The van der Waals surface area contributed by atoms with Gasteiger partial charge in [-0.05, 0) is 40.5 Å². The van der Waals surface area contributed by atoms with Crippen LogP contribution in [0.4, 0.5) is 0 Å². The minimum atomic E-state index is 0.200. The van der Waals surface area contributed by atoms with Gasteiger partial charge >= 0.3 is 0 Å². The van der Waals surface area contributed by atoms with Crippen LogP contribution in [0.2, 0.25) is 0 Å². The van der Waals surface area contributed by atoms with Crippen LogP contribution in [0.5, 0.6) is 11.5 Å². The maximum absolute atomic E-state index is 5.49. The second kappa shape index (κ2) is 7.11. The van der Waals surface area contributed by atoms with Crippen LogP contribution in [0.3, 0.4) is 0 Å². The Kier molecular flexibility index (Phi) is 5.46. The highest BCUT2D eigenvalue weighted by molar-refractivity contribution is 9.10. The van der Waals surface area contributed by atoms with Crippen molar-refractivity contribution in [1.82, 2.24) is 5.32 Å². The Balaban J connectivity index is 2.29. The first-order chi connectivity index (χ1) is 9.69. The van der Waals surface area contributed by atoms with E-state index in [2.05, 4.69) is 38.8 Å². The molecule has 0 radical (unpaired) electrons. The van der Waals surface area contributed by atoms with E-state index < -0.39 is 0 Å². The number of nitrogens with one attached hydrogen (secondary N) is 1. The molecule has 0 aliphatic rings. The molecule has 1 heterocycles. The lowest BCUT2D eigenvalue weighted by Gasteiger charge is -2.19. The number of hydrogen-bond donors (Lipinski definition) is 1. The number of halogens is 1. The summed E-state index contributed by atoms with van der Waals surface area (Å²) in [6.45, 7) is 0. The van der Waals surface area contributed by atoms with Gasteiger partial charge in [0.2, 0.25) is 0 Å². The summed E-state index contributed by atoms with van der Waals surface area (Å²) in [7, 11) is 5.31. The summed E-state index contributed by atoms with van der Waals surface area (Å²) in [6.07, 6.45) is 0.914.